The summed E-state index contributed by atoms with van der Waals surface area (Å²) in [5, 5.41) is 1.50. The summed E-state index contributed by atoms with van der Waals surface area (Å²) in [6.07, 6.45) is 1.31. The molecule has 154 valence electrons. The van der Waals surface area contributed by atoms with Crippen molar-refractivity contribution in [2.45, 2.75) is 0 Å². The van der Waals surface area contributed by atoms with Crippen LogP contribution in [0.5, 0.6) is 0 Å². The number of esters is 2. The van der Waals surface area contributed by atoms with Crippen molar-refractivity contribution in [1.29, 1.82) is 0 Å². The molecule has 31 heavy (non-hydrogen) atoms. The fourth-order valence-electron chi connectivity index (χ4n) is 3.37. The highest BCUT2D eigenvalue weighted by Crippen LogP contribution is 2.36. The molecule has 0 aliphatic rings. The number of hydrogen-bond donors (Lipinski definition) is 0. The number of pyridine rings is 2. The van der Waals surface area contributed by atoms with E-state index in [0.717, 1.165) is 10.9 Å². The summed E-state index contributed by atoms with van der Waals surface area (Å²) in [5.74, 6) is -1.39. The van der Waals surface area contributed by atoms with Crippen LogP contribution in [-0.4, -0.2) is 36.1 Å². The lowest BCUT2D eigenvalue weighted by Crippen LogP contribution is -2.15. The SMILES string of the molecule is COC(=O)c1cnc(-c2ccc(Cl)cc2)c(-c2ccc3ccccc3n2)c1C(=O)OC. The molecule has 4 aromatic rings. The van der Waals surface area contributed by atoms with Crippen molar-refractivity contribution >= 4 is 34.4 Å². The Morgan fingerprint density at radius 3 is 2.29 bits per heavy atom. The van der Waals surface area contributed by atoms with Gasteiger partial charge >= 0.3 is 11.9 Å². The molecular formula is C24H17ClN2O4. The maximum atomic E-state index is 12.8. The molecule has 0 bridgehead atoms. The number of aromatic nitrogens is 2. The summed E-state index contributed by atoms with van der Waals surface area (Å²) in [6.45, 7) is 0. The first kappa shape index (κ1) is 20.5. The number of carbonyl (C=O) groups excluding carboxylic acids is 2. The number of rotatable bonds is 4. The summed E-state index contributed by atoms with van der Waals surface area (Å²) < 4.78 is 9.88. The lowest BCUT2D eigenvalue weighted by molar-refractivity contribution is 0.0555. The highest BCUT2D eigenvalue weighted by atomic mass is 35.5. The third-order valence-electron chi connectivity index (χ3n) is 4.85. The van der Waals surface area contributed by atoms with Gasteiger partial charge in [-0.3, -0.25) is 4.98 Å². The highest BCUT2D eigenvalue weighted by Gasteiger charge is 2.28. The van der Waals surface area contributed by atoms with E-state index in [-0.39, 0.29) is 11.1 Å². The Balaban J connectivity index is 2.09. The van der Waals surface area contributed by atoms with E-state index in [9.17, 15) is 9.59 Å². The van der Waals surface area contributed by atoms with E-state index in [1.165, 1.54) is 20.4 Å². The van der Waals surface area contributed by atoms with E-state index in [1.807, 2.05) is 30.3 Å². The number of hydrogen-bond acceptors (Lipinski definition) is 6. The van der Waals surface area contributed by atoms with Crippen LogP contribution in [0.4, 0.5) is 0 Å². The largest absolute Gasteiger partial charge is 0.465 e. The average molecular weight is 433 g/mol. The van der Waals surface area contributed by atoms with Gasteiger partial charge < -0.3 is 9.47 Å². The molecule has 7 heteroatoms. The number of benzene rings is 2. The second-order valence-corrected chi connectivity index (χ2v) is 7.09. The Kier molecular flexibility index (Phi) is 5.64. The quantitative estimate of drug-likeness (QED) is 0.413. The molecule has 0 atom stereocenters. The van der Waals surface area contributed by atoms with Crippen molar-refractivity contribution < 1.29 is 19.1 Å². The lowest BCUT2D eigenvalue weighted by Gasteiger charge is -2.16. The molecule has 0 radical (unpaired) electrons. The molecule has 2 heterocycles. The van der Waals surface area contributed by atoms with Crippen molar-refractivity contribution in [3.63, 3.8) is 0 Å². The molecule has 0 aliphatic heterocycles. The topological polar surface area (TPSA) is 78.4 Å². The zero-order valence-corrected chi connectivity index (χ0v) is 17.5. The van der Waals surface area contributed by atoms with Gasteiger partial charge in [0.05, 0.1) is 42.3 Å². The molecule has 2 aromatic carbocycles. The van der Waals surface area contributed by atoms with Crippen molar-refractivity contribution in [2.24, 2.45) is 0 Å². The van der Waals surface area contributed by atoms with Crippen LogP contribution in [0.3, 0.4) is 0 Å². The minimum absolute atomic E-state index is 0.00276. The van der Waals surface area contributed by atoms with Gasteiger partial charge in [0.1, 0.15) is 0 Å². The number of para-hydroxylation sites is 1. The van der Waals surface area contributed by atoms with Gasteiger partial charge in [-0.05, 0) is 24.3 Å². The summed E-state index contributed by atoms with van der Waals surface area (Å²) in [6, 6.07) is 18.3. The van der Waals surface area contributed by atoms with E-state index in [1.54, 1.807) is 30.3 Å². The Labute approximate surface area is 183 Å². The molecule has 0 saturated heterocycles. The van der Waals surface area contributed by atoms with Crippen molar-refractivity contribution in [3.05, 3.63) is 83.0 Å². The lowest BCUT2D eigenvalue weighted by atomic mass is 9.94. The van der Waals surface area contributed by atoms with Crippen molar-refractivity contribution in [1.82, 2.24) is 9.97 Å². The molecular weight excluding hydrogens is 416 g/mol. The van der Waals surface area contributed by atoms with Crippen LogP contribution in [-0.2, 0) is 9.47 Å². The molecule has 2 aromatic heterocycles. The third kappa shape index (κ3) is 3.85. The second kappa shape index (κ2) is 8.53. The molecule has 0 N–H and O–H groups in total. The molecule has 0 spiro atoms. The van der Waals surface area contributed by atoms with Crippen LogP contribution in [0, 0.1) is 0 Å². The van der Waals surface area contributed by atoms with Crippen molar-refractivity contribution in [2.75, 3.05) is 14.2 Å². The van der Waals surface area contributed by atoms with Gasteiger partial charge in [-0.2, -0.15) is 0 Å². The van der Waals surface area contributed by atoms with Gasteiger partial charge in [-0.15, -0.1) is 0 Å². The Hall–Kier alpha value is -3.77. The molecule has 0 fully saturated rings. The fraction of sp³-hybridized carbons (Fsp3) is 0.0833. The summed E-state index contributed by atoms with van der Waals surface area (Å²) in [5.41, 5.74) is 2.80. The molecule has 6 nitrogen and oxygen atoms in total. The number of methoxy groups -OCH3 is 2. The van der Waals surface area contributed by atoms with Gasteiger partial charge in [-0.1, -0.05) is 48.0 Å². The number of ether oxygens (including phenoxy) is 2. The Morgan fingerprint density at radius 1 is 0.871 bits per heavy atom. The second-order valence-electron chi connectivity index (χ2n) is 6.65. The zero-order valence-electron chi connectivity index (χ0n) is 16.8. The minimum atomic E-state index is -0.697. The van der Waals surface area contributed by atoms with Crippen LogP contribution in [0.25, 0.3) is 33.4 Å². The smallest absolute Gasteiger partial charge is 0.340 e. The van der Waals surface area contributed by atoms with Gasteiger partial charge in [0.15, 0.2) is 0 Å². The normalized spacial score (nSPS) is 10.7. The summed E-state index contributed by atoms with van der Waals surface area (Å²) in [4.78, 5) is 34.5. The molecule has 0 saturated carbocycles. The van der Waals surface area contributed by atoms with Gasteiger partial charge in [0, 0.05) is 27.7 Å². The maximum Gasteiger partial charge on any atom is 0.340 e. The van der Waals surface area contributed by atoms with Gasteiger partial charge in [0.2, 0.25) is 0 Å². The monoisotopic (exact) mass is 432 g/mol. The summed E-state index contributed by atoms with van der Waals surface area (Å²) >= 11 is 6.04. The standard InChI is InChI=1S/C24H17ClN2O4/c1-30-23(28)17-13-26-22(15-7-10-16(25)11-8-15)21(20(17)24(29)31-2)19-12-9-14-5-3-4-6-18(14)27-19/h3-13H,1-2H3. The summed E-state index contributed by atoms with van der Waals surface area (Å²) in [7, 11) is 2.49. The maximum absolute atomic E-state index is 12.8. The predicted molar refractivity (Wildman–Crippen MR) is 118 cm³/mol. The van der Waals surface area contributed by atoms with E-state index in [2.05, 4.69) is 4.98 Å². The van der Waals surface area contributed by atoms with Crippen LogP contribution < -0.4 is 0 Å². The van der Waals surface area contributed by atoms with E-state index >= 15 is 0 Å². The average Bonchev–Trinajstić information content (AvgIpc) is 2.82. The third-order valence-corrected chi connectivity index (χ3v) is 5.10. The first-order valence-corrected chi connectivity index (χ1v) is 9.73. The number of nitrogens with zero attached hydrogens (tertiary/aromatic N) is 2. The fourth-order valence-corrected chi connectivity index (χ4v) is 3.50. The van der Waals surface area contributed by atoms with E-state index in [0.29, 0.717) is 27.5 Å². The molecule has 0 aliphatic carbocycles. The molecule has 4 rings (SSSR count). The first-order valence-electron chi connectivity index (χ1n) is 9.35. The van der Waals surface area contributed by atoms with E-state index in [4.69, 9.17) is 26.1 Å². The first-order chi connectivity index (χ1) is 15.0. The van der Waals surface area contributed by atoms with Crippen LogP contribution >= 0.6 is 11.6 Å². The zero-order chi connectivity index (χ0) is 22.0. The van der Waals surface area contributed by atoms with Crippen LogP contribution in [0.15, 0.2) is 66.9 Å². The number of carbonyl (C=O) groups is 2. The predicted octanol–water partition coefficient (Wildman–Crippen LogP) is 5.19. The number of fused-ring (bicyclic) bond motifs is 1. The Morgan fingerprint density at radius 2 is 1.58 bits per heavy atom. The van der Waals surface area contributed by atoms with Gasteiger partial charge in [-0.25, -0.2) is 14.6 Å². The minimum Gasteiger partial charge on any atom is -0.465 e. The molecule has 0 unspecified atom stereocenters. The van der Waals surface area contributed by atoms with Crippen LogP contribution in [0.2, 0.25) is 5.02 Å². The van der Waals surface area contributed by atoms with Crippen molar-refractivity contribution in [3.8, 4) is 22.5 Å². The van der Waals surface area contributed by atoms with Gasteiger partial charge in [0.25, 0.3) is 0 Å². The highest BCUT2D eigenvalue weighted by molar-refractivity contribution is 6.30. The molecule has 0 amide bonds. The Bertz CT molecular complexity index is 1300. The van der Waals surface area contributed by atoms with Crippen LogP contribution in [0.1, 0.15) is 20.7 Å². The van der Waals surface area contributed by atoms with E-state index < -0.39 is 11.9 Å². The number of halogens is 1.